The van der Waals surface area contributed by atoms with Crippen LogP contribution in [0.25, 0.3) is 0 Å². The summed E-state index contributed by atoms with van der Waals surface area (Å²) in [5.74, 6) is 1.61. The monoisotopic (exact) mass is 229 g/mol. The van der Waals surface area contributed by atoms with E-state index in [1.54, 1.807) is 12.4 Å². The fourth-order valence-corrected chi connectivity index (χ4v) is 1.56. The third kappa shape index (κ3) is 3.04. The molecule has 0 radical (unpaired) electrons. The lowest BCUT2D eigenvalue weighted by Crippen LogP contribution is -1.91. The number of hydrogen-bond donors (Lipinski definition) is 1. The molecule has 1 N–H and O–H groups in total. The fraction of sp³-hybridized carbons (Fsp3) is 0.214. The number of pyridine rings is 1. The van der Waals surface area contributed by atoms with Gasteiger partial charge >= 0.3 is 0 Å². The van der Waals surface area contributed by atoms with Gasteiger partial charge in [0.2, 0.25) is 0 Å². The zero-order valence-corrected chi connectivity index (χ0v) is 9.76. The Balaban J connectivity index is 2.11. The first-order valence-electron chi connectivity index (χ1n) is 5.58. The van der Waals surface area contributed by atoms with Gasteiger partial charge in [0.05, 0.1) is 0 Å². The summed E-state index contributed by atoms with van der Waals surface area (Å²) in [6, 6.07) is 9.58. The number of hydrogen-bond acceptors (Lipinski definition) is 3. The predicted octanol–water partition coefficient (Wildman–Crippen LogP) is 2.72. The zero-order valence-electron chi connectivity index (χ0n) is 9.76. The lowest BCUT2D eigenvalue weighted by molar-refractivity contribution is 0.299. The van der Waals surface area contributed by atoms with Crippen LogP contribution < -0.4 is 4.74 Å². The van der Waals surface area contributed by atoms with Crippen molar-refractivity contribution in [3.8, 4) is 11.5 Å². The smallest absolute Gasteiger partial charge is 0.133 e. The Kier molecular flexibility index (Phi) is 3.73. The second kappa shape index (κ2) is 5.46. The lowest BCUT2D eigenvalue weighted by atomic mass is 10.1. The van der Waals surface area contributed by atoms with E-state index in [1.165, 1.54) is 0 Å². The summed E-state index contributed by atoms with van der Waals surface area (Å²) in [7, 11) is 0. The number of aromatic nitrogens is 1. The zero-order chi connectivity index (χ0) is 12.1. The van der Waals surface area contributed by atoms with Crippen molar-refractivity contribution in [2.75, 3.05) is 6.61 Å². The van der Waals surface area contributed by atoms with E-state index < -0.39 is 0 Å². The van der Waals surface area contributed by atoms with Crippen LogP contribution in [0, 0.1) is 6.92 Å². The third-order valence-electron chi connectivity index (χ3n) is 2.52. The summed E-state index contributed by atoms with van der Waals surface area (Å²) >= 11 is 0. The molecule has 0 aliphatic rings. The van der Waals surface area contributed by atoms with E-state index >= 15 is 0 Å². The minimum Gasteiger partial charge on any atom is -0.457 e. The average Bonchev–Trinajstić information content (AvgIpc) is 2.35. The van der Waals surface area contributed by atoms with Crippen LogP contribution in [0.5, 0.6) is 11.5 Å². The van der Waals surface area contributed by atoms with Gasteiger partial charge in [-0.25, -0.2) is 0 Å². The molecule has 17 heavy (non-hydrogen) atoms. The Labute approximate surface area is 101 Å². The van der Waals surface area contributed by atoms with E-state index in [0.717, 1.165) is 22.6 Å². The molecule has 3 heteroatoms. The van der Waals surface area contributed by atoms with Crippen molar-refractivity contribution in [3.05, 3.63) is 53.9 Å². The molecule has 0 bridgehead atoms. The summed E-state index contributed by atoms with van der Waals surface area (Å²) in [4.78, 5) is 4.02. The highest BCUT2D eigenvalue weighted by molar-refractivity contribution is 5.36. The van der Waals surface area contributed by atoms with Crippen LogP contribution in [0.1, 0.15) is 11.1 Å². The van der Waals surface area contributed by atoms with E-state index in [-0.39, 0.29) is 6.61 Å². The standard InChI is InChI=1S/C14H15NO2/c1-11-10-15-8-6-14(11)17-13-4-2-12(3-5-13)7-9-16/h2-6,8,10,16H,7,9H2,1H3. The summed E-state index contributed by atoms with van der Waals surface area (Å²) in [5.41, 5.74) is 2.11. The van der Waals surface area contributed by atoms with Crippen molar-refractivity contribution in [1.29, 1.82) is 0 Å². The number of aliphatic hydroxyl groups is 1. The number of rotatable bonds is 4. The van der Waals surface area contributed by atoms with Crippen molar-refractivity contribution < 1.29 is 9.84 Å². The Hall–Kier alpha value is -1.87. The Morgan fingerprint density at radius 2 is 1.94 bits per heavy atom. The summed E-state index contributed by atoms with van der Waals surface area (Å²) in [5, 5.41) is 8.82. The predicted molar refractivity (Wildman–Crippen MR) is 66.3 cm³/mol. The van der Waals surface area contributed by atoms with Crippen LogP contribution in [0.3, 0.4) is 0 Å². The minimum atomic E-state index is 0.170. The van der Waals surface area contributed by atoms with Crippen molar-refractivity contribution in [2.45, 2.75) is 13.3 Å². The molecular weight excluding hydrogens is 214 g/mol. The van der Waals surface area contributed by atoms with Crippen LogP contribution in [0.2, 0.25) is 0 Å². The summed E-state index contributed by atoms with van der Waals surface area (Å²) < 4.78 is 5.74. The van der Waals surface area contributed by atoms with Gasteiger partial charge in [0.1, 0.15) is 11.5 Å². The molecule has 0 unspecified atom stereocenters. The molecule has 88 valence electrons. The lowest BCUT2D eigenvalue weighted by Gasteiger charge is -2.08. The maximum absolute atomic E-state index is 8.82. The van der Waals surface area contributed by atoms with Gasteiger partial charge in [0, 0.05) is 24.6 Å². The molecular formula is C14H15NO2. The van der Waals surface area contributed by atoms with Gasteiger partial charge < -0.3 is 9.84 Å². The van der Waals surface area contributed by atoms with Gasteiger partial charge in [-0.1, -0.05) is 12.1 Å². The van der Waals surface area contributed by atoms with E-state index in [0.29, 0.717) is 6.42 Å². The molecule has 3 nitrogen and oxygen atoms in total. The molecule has 2 aromatic rings. The molecule has 0 aliphatic heterocycles. The molecule has 0 saturated carbocycles. The summed E-state index contributed by atoms with van der Waals surface area (Å²) in [6.07, 6.45) is 4.16. The maximum atomic E-state index is 8.82. The largest absolute Gasteiger partial charge is 0.457 e. The minimum absolute atomic E-state index is 0.170. The maximum Gasteiger partial charge on any atom is 0.133 e. The quantitative estimate of drug-likeness (QED) is 0.876. The van der Waals surface area contributed by atoms with Gasteiger partial charge in [-0.15, -0.1) is 0 Å². The molecule has 0 aliphatic carbocycles. The molecule has 0 amide bonds. The second-order valence-corrected chi connectivity index (χ2v) is 3.86. The normalized spacial score (nSPS) is 10.2. The van der Waals surface area contributed by atoms with E-state index in [4.69, 9.17) is 9.84 Å². The van der Waals surface area contributed by atoms with Crippen LogP contribution in [0.15, 0.2) is 42.7 Å². The first-order chi connectivity index (χ1) is 8.29. The van der Waals surface area contributed by atoms with Crippen LogP contribution in [-0.4, -0.2) is 16.7 Å². The molecule has 1 heterocycles. The van der Waals surface area contributed by atoms with Gasteiger partial charge in [-0.05, 0) is 37.1 Å². The number of benzene rings is 1. The first kappa shape index (κ1) is 11.6. The van der Waals surface area contributed by atoms with Crippen molar-refractivity contribution in [1.82, 2.24) is 4.98 Å². The van der Waals surface area contributed by atoms with Crippen molar-refractivity contribution in [2.24, 2.45) is 0 Å². The molecule has 1 aromatic heterocycles. The van der Waals surface area contributed by atoms with Crippen LogP contribution >= 0.6 is 0 Å². The highest BCUT2D eigenvalue weighted by Crippen LogP contribution is 2.24. The van der Waals surface area contributed by atoms with Crippen LogP contribution in [0.4, 0.5) is 0 Å². The van der Waals surface area contributed by atoms with E-state index in [9.17, 15) is 0 Å². The molecule has 0 fully saturated rings. The second-order valence-electron chi connectivity index (χ2n) is 3.86. The number of aliphatic hydroxyl groups excluding tert-OH is 1. The highest BCUT2D eigenvalue weighted by atomic mass is 16.5. The SMILES string of the molecule is Cc1cnccc1Oc1ccc(CCO)cc1. The van der Waals surface area contributed by atoms with Gasteiger partial charge in [0.25, 0.3) is 0 Å². The van der Waals surface area contributed by atoms with Gasteiger partial charge in [0.15, 0.2) is 0 Å². The van der Waals surface area contributed by atoms with Crippen molar-refractivity contribution in [3.63, 3.8) is 0 Å². The van der Waals surface area contributed by atoms with Crippen LogP contribution in [-0.2, 0) is 6.42 Å². The molecule has 0 spiro atoms. The van der Waals surface area contributed by atoms with E-state index in [2.05, 4.69) is 4.98 Å². The Morgan fingerprint density at radius 3 is 2.59 bits per heavy atom. The summed E-state index contributed by atoms with van der Waals surface area (Å²) in [6.45, 7) is 2.13. The number of ether oxygens (including phenoxy) is 1. The average molecular weight is 229 g/mol. The first-order valence-corrected chi connectivity index (χ1v) is 5.58. The highest BCUT2D eigenvalue weighted by Gasteiger charge is 2.00. The molecule has 1 aromatic carbocycles. The Morgan fingerprint density at radius 1 is 1.18 bits per heavy atom. The topological polar surface area (TPSA) is 42.4 Å². The Bertz CT molecular complexity index is 480. The fourth-order valence-electron chi connectivity index (χ4n) is 1.56. The van der Waals surface area contributed by atoms with Gasteiger partial charge in [-0.3, -0.25) is 4.98 Å². The molecule has 2 rings (SSSR count). The number of nitrogens with zero attached hydrogens (tertiary/aromatic N) is 1. The molecule has 0 atom stereocenters. The third-order valence-corrected chi connectivity index (χ3v) is 2.52. The van der Waals surface area contributed by atoms with E-state index in [1.807, 2.05) is 37.3 Å². The molecule has 0 saturated heterocycles. The van der Waals surface area contributed by atoms with Crippen molar-refractivity contribution >= 4 is 0 Å². The van der Waals surface area contributed by atoms with Gasteiger partial charge in [-0.2, -0.15) is 0 Å². The number of aryl methyl sites for hydroxylation is 1.